The summed E-state index contributed by atoms with van der Waals surface area (Å²) in [6, 6.07) is 2.00. The Morgan fingerprint density at radius 1 is 1.43 bits per heavy atom. The van der Waals surface area contributed by atoms with Crippen molar-refractivity contribution < 1.29 is 27.8 Å². The number of carbonyl (C=O) groups is 1. The molecule has 23 heavy (non-hydrogen) atoms. The quantitative estimate of drug-likeness (QED) is 0.890. The maximum atomic E-state index is 13.3. The summed E-state index contributed by atoms with van der Waals surface area (Å²) in [7, 11) is 1.42. The van der Waals surface area contributed by atoms with Gasteiger partial charge in [0.1, 0.15) is 5.75 Å². The van der Waals surface area contributed by atoms with Crippen molar-refractivity contribution in [2.75, 3.05) is 20.3 Å². The normalized spacial score (nSPS) is 19.5. The van der Waals surface area contributed by atoms with Gasteiger partial charge in [-0.25, -0.2) is 4.79 Å². The molecule has 0 unspecified atom stereocenters. The molecule has 8 heteroatoms. The fourth-order valence-electron chi connectivity index (χ4n) is 2.65. The summed E-state index contributed by atoms with van der Waals surface area (Å²) >= 11 is 0. The van der Waals surface area contributed by atoms with Gasteiger partial charge in [-0.05, 0) is 30.5 Å². The van der Waals surface area contributed by atoms with E-state index in [1.54, 1.807) is 0 Å². The SMILES string of the molecule is COc1ccc([C@@H](NC(=O)N2CCC[C@H]2CO)C(F)(F)F)cc1. The number of halogens is 3. The lowest BCUT2D eigenvalue weighted by Gasteiger charge is -2.28. The van der Waals surface area contributed by atoms with E-state index in [9.17, 15) is 23.1 Å². The summed E-state index contributed by atoms with van der Waals surface area (Å²) in [6.07, 6.45) is -3.38. The molecule has 2 rings (SSSR count). The Hall–Kier alpha value is -1.96. The van der Waals surface area contributed by atoms with E-state index in [4.69, 9.17) is 4.74 Å². The highest BCUT2D eigenvalue weighted by Gasteiger charge is 2.43. The highest BCUT2D eigenvalue weighted by atomic mass is 19.4. The molecule has 2 amide bonds. The summed E-state index contributed by atoms with van der Waals surface area (Å²) in [4.78, 5) is 13.4. The van der Waals surface area contributed by atoms with E-state index in [0.717, 1.165) is 0 Å². The first-order chi connectivity index (χ1) is 10.9. The number of ether oxygens (including phenoxy) is 1. The van der Waals surface area contributed by atoms with E-state index in [2.05, 4.69) is 0 Å². The zero-order valence-electron chi connectivity index (χ0n) is 12.6. The van der Waals surface area contributed by atoms with Crippen molar-refractivity contribution in [2.45, 2.75) is 31.1 Å². The van der Waals surface area contributed by atoms with Crippen molar-refractivity contribution in [2.24, 2.45) is 0 Å². The van der Waals surface area contributed by atoms with E-state index in [0.29, 0.717) is 25.1 Å². The molecule has 2 atom stereocenters. The predicted molar refractivity (Wildman–Crippen MR) is 77.1 cm³/mol. The summed E-state index contributed by atoms with van der Waals surface area (Å²) in [5.41, 5.74) is -0.0774. The Bertz CT molecular complexity index is 534. The number of benzene rings is 1. The minimum atomic E-state index is -4.63. The molecule has 2 N–H and O–H groups in total. The Balaban J connectivity index is 2.17. The Labute approximate surface area is 132 Å². The van der Waals surface area contributed by atoms with Gasteiger partial charge in [-0.3, -0.25) is 0 Å². The molecular weight excluding hydrogens is 313 g/mol. The van der Waals surface area contributed by atoms with Gasteiger partial charge in [0, 0.05) is 6.54 Å². The first kappa shape index (κ1) is 17.4. The maximum absolute atomic E-state index is 13.3. The van der Waals surface area contributed by atoms with Crippen LogP contribution in [0, 0.1) is 0 Å². The number of methoxy groups -OCH3 is 1. The van der Waals surface area contributed by atoms with Gasteiger partial charge < -0.3 is 20.1 Å². The smallest absolute Gasteiger partial charge is 0.412 e. The van der Waals surface area contributed by atoms with Crippen LogP contribution in [-0.4, -0.2) is 48.5 Å². The molecule has 0 saturated carbocycles. The van der Waals surface area contributed by atoms with Crippen LogP contribution < -0.4 is 10.1 Å². The third-order valence-electron chi connectivity index (χ3n) is 3.89. The van der Waals surface area contributed by atoms with Crippen molar-refractivity contribution in [3.8, 4) is 5.75 Å². The lowest BCUT2D eigenvalue weighted by molar-refractivity contribution is -0.155. The molecule has 0 radical (unpaired) electrons. The summed E-state index contributed by atoms with van der Waals surface area (Å²) in [5, 5.41) is 11.2. The van der Waals surface area contributed by atoms with Crippen molar-refractivity contribution in [3.63, 3.8) is 0 Å². The van der Waals surface area contributed by atoms with E-state index < -0.39 is 24.3 Å². The standard InChI is InChI=1S/C15H19F3N2O3/c1-23-12-6-4-10(5-7-12)13(15(16,17)18)19-14(22)20-8-2-3-11(20)9-21/h4-7,11,13,21H,2-3,8-9H2,1H3,(H,19,22)/t11-,13+/m0/s1. The summed E-state index contributed by atoms with van der Waals surface area (Å²) < 4.78 is 44.8. The summed E-state index contributed by atoms with van der Waals surface area (Å²) in [6.45, 7) is 0.0802. The van der Waals surface area contributed by atoms with Crippen LogP contribution in [-0.2, 0) is 0 Å². The lowest BCUT2D eigenvalue weighted by Crippen LogP contribution is -2.48. The van der Waals surface area contributed by atoms with Gasteiger partial charge in [0.05, 0.1) is 19.8 Å². The molecule has 1 aliphatic rings. The first-order valence-electron chi connectivity index (χ1n) is 7.25. The fourth-order valence-corrected chi connectivity index (χ4v) is 2.65. The van der Waals surface area contributed by atoms with Crippen LogP contribution in [0.2, 0.25) is 0 Å². The van der Waals surface area contributed by atoms with Crippen LogP contribution in [0.15, 0.2) is 24.3 Å². The third kappa shape index (κ3) is 4.07. The van der Waals surface area contributed by atoms with E-state index in [-0.39, 0.29) is 12.2 Å². The van der Waals surface area contributed by atoms with Crippen LogP contribution >= 0.6 is 0 Å². The second kappa shape index (κ2) is 7.08. The van der Waals surface area contributed by atoms with Crippen LogP contribution in [0.3, 0.4) is 0 Å². The Kier molecular flexibility index (Phi) is 5.35. The van der Waals surface area contributed by atoms with Crippen molar-refractivity contribution in [3.05, 3.63) is 29.8 Å². The Morgan fingerprint density at radius 2 is 2.09 bits per heavy atom. The minimum absolute atomic E-state index is 0.0774. The highest BCUT2D eigenvalue weighted by molar-refractivity contribution is 5.75. The van der Waals surface area contributed by atoms with Gasteiger partial charge in [0.25, 0.3) is 0 Å². The zero-order valence-corrected chi connectivity index (χ0v) is 12.6. The first-order valence-corrected chi connectivity index (χ1v) is 7.25. The number of likely N-dealkylation sites (tertiary alicyclic amines) is 1. The monoisotopic (exact) mass is 332 g/mol. The Morgan fingerprint density at radius 3 is 2.61 bits per heavy atom. The van der Waals surface area contributed by atoms with Gasteiger partial charge in [-0.15, -0.1) is 0 Å². The van der Waals surface area contributed by atoms with Crippen LogP contribution in [0.25, 0.3) is 0 Å². The zero-order chi connectivity index (χ0) is 17.0. The lowest BCUT2D eigenvalue weighted by atomic mass is 10.1. The molecule has 0 bridgehead atoms. The van der Waals surface area contributed by atoms with Crippen LogP contribution in [0.4, 0.5) is 18.0 Å². The van der Waals surface area contributed by atoms with E-state index in [1.807, 2.05) is 5.32 Å². The molecule has 1 aromatic rings. The maximum Gasteiger partial charge on any atom is 0.412 e. The topological polar surface area (TPSA) is 61.8 Å². The van der Waals surface area contributed by atoms with E-state index >= 15 is 0 Å². The van der Waals surface area contributed by atoms with E-state index in [1.165, 1.54) is 36.3 Å². The van der Waals surface area contributed by atoms with Gasteiger partial charge >= 0.3 is 12.2 Å². The number of hydrogen-bond acceptors (Lipinski definition) is 3. The van der Waals surface area contributed by atoms with Crippen molar-refractivity contribution in [1.82, 2.24) is 10.2 Å². The minimum Gasteiger partial charge on any atom is -0.497 e. The molecule has 0 aromatic heterocycles. The molecule has 1 saturated heterocycles. The number of alkyl halides is 3. The highest BCUT2D eigenvalue weighted by Crippen LogP contribution is 2.34. The molecule has 0 spiro atoms. The molecular formula is C15H19F3N2O3. The number of nitrogens with one attached hydrogen (secondary N) is 1. The number of aliphatic hydroxyl groups is 1. The van der Waals surface area contributed by atoms with Gasteiger partial charge in [-0.2, -0.15) is 13.2 Å². The largest absolute Gasteiger partial charge is 0.497 e. The fraction of sp³-hybridized carbons (Fsp3) is 0.533. The number of rotatable bonds is 4. The third-order valence-corrected chi connectivity index (χ3v) is 3.89. The van der Waals surface area contributed by atoms with Gasteiger partial charge in [0.15, 0.2) is 6.04 Å². The number of nitrogens with zero attached hydrogens (tertiary/aromatic N) is 1. The number of carbonyl (C=O) groups excluding carboxylic acids is 1. The van der Waals surface area contributed by atoms with Crippen LogP contribution in [0.1, 0.15) is 24.4 Å². The molecule has 1 aromatic carbocycles. The van der Waals surface area contributed by atoms with Crippen LogP contribution in [0.5, 0.6) is 5.75 Å². The molecule has 1 aliphatic heterocycles. The molecule has 128 valence electrons. The second-order valence-electron chi connectivity index (χ2n) is 5.37. The molecule has 1 fully saturated rings. The number of hydrogen-bond donors (Lipinski definition) is 2. The predicted octanol–water partition coefficient (Wildman–Crippen LogP) is 2.46. The number of aliphatic hydroxyl groups excluding tert-OH is 1. The average molecular weight is 332 g/mol. The average Bonchev–Trinajstić information content (AvgIpc) is 3.00. The number of urea groups is 1. The molecule has 1 heterocycles. The van der Waals surface area contributed by atoms with Gasteiger partial charge in [-0.1, -0.05) is 12.1 Å². The second-order valence-corrected chi connectivity index (χ2v) is 5.37. The molecule has 5 nitrogen and oxygen atoms in total. The number of amides is 2. The van der Waals surface area contributed by atoms with Gasteiger partial charge in [0.2, 0.25) is 0 Å². The summed E-state index contributed by atoms with van der Waals surface area (Å²) in [5.74, 6) is 0.431. The molecule has 0 aliphatic carbocycles. The van der Waals surface area contributed by atoms with Crippen molar-refractivity contribution >= 4 is 6.03 Å². The van der Waals surface area contributed by atoms with Crippen molar-refractivity contribution in [1.29, 1.82) is 0 Å².